The fourth-order valence-electron chi connectivity index (χ4n) is 4.83. The number of aromatic nitrogens is 2. The van der Waals surface area contributed by atoms with Crippen molar-refractivity contribution in [2.75, 3.05) is 0 Å². The summed E-state index contributed by atoms with van der Waals surface area (Å²) >= 11 is 0. The Hall–Kier alpha value is -1.06. The number of hydrogen-bond acceptors (Lipinski definition) is 3. The van der Waals surface area contributed by atoms with Gasteiger partial charge in [-0.2, -0.15) is 0 Å². The molecule has 1 aromatic rings. The third-order valence-corrected chi connectivity index (χ3v) is 4.93. The molecule has 4 aliphatic rings. The van der Waals surface area contributed by atoms with E-state index in [9.17, 15) is 4.79 Å². The van der Waals surface area contributed by atoms with Crippen LogP contribution in [0.4, 0.5) is 0 Å². The summed E-state index contributed by atoms with van der Waals surface area (Å²) in [4.78, 5) is 11.1. The summed E-state index contributed by atoms with van der Waals surface area (Å²) in [6, 6.07) is 0. The molecule has 0 atom stereocenters. The van der Waals surface area contributed by atoms with Gasteiger partial charge in [0.15, 0.2) is 0 Å². The van der Waals surface area contributed by atoms with Crippen molar-refractivity contribution >= 4 is 0 Å². The van der Waals surface area contributed by atoms with Crippen LogP contribution in [-0.2, 0) is 5.41 Å². The molecule has 1 heterocycles. The van der Waals surface area contributed by atoms with Gasteiger partial charge < -0.3 is 4.42 Å². The molecular formula is C12H16N2O2. The molecule has 16 heavy (non-hydrogen) atoms. The van der Waals surface area contributed by atoms with E-state index in [-0.39, 0.29) is 5.41 Å². The van der Waals surface area contributed by atoms with Crippen LogP contribution in [0.5, 0.6) is 0 Å². The zero-order chi connectivity index (χ0) is 10.8. The maximum absolute atomic E-state index is 11.1. The molecule has 4 aliphatic carbocycles. The molecule has 0 unspecified atom stereocenters. The molecule has 0 amide bonds. The van der Waals surface area contributed by atoms with Crippen molar-refractivity contribution in [2.45, 2.75) is 43.9 Å². The maximum atomic E-state index is 11.1. The molecular weight excluding hydrogens is 204 g/mol. The number of aromatic amines is 1. The lowest BCUT2D eigenvalue weighted by molar-refractivity contribution is -0.0183. The molecule has 4 heteroatoms. The largest absolute Gasteiger partial charge is 0.434 e. The lowest BCUT2D eigenvalue weighted by Crippen LogP contribution is -2.48. The normalized spacial score (nSPS) is 45.1. The second-order valence-electron chi connectivity index (χ2n) is 6.12. The second-order valence-corrected chi connectivity index (χ2v) is 6.12. The lowest BCUT2D eigenvalue weighted by atomic mass is 9.49. The monoisotopic (exact) mass is 220 g/mol. The highest BCUT2D eigenvalue weighted by Gasteiger charge is 2.54. The number of rotatable bonds is 1. The Bertz CT molecular complexity index is 438. The number of H-pyrrole nitrogens is 1. The smallest absolute Gasteiger partial charge is 0.392 e. The van der Waals surface area contributed by atoms with Crippen molar-refractivity contribution in [2.24, 2.45) is 17.8 Å². The highest BCUT2D eigenvalue weighted by Crippen LogP contribution is 2.60. The van der Waals surface area contributed by atoms with Crippen molar-refractivity contribution in [1.29, 1.82) is 0 Å². The van der Waals surface area contributed by atoms with Crippen LogP contribution in [0, 0.1) is 17.8 Å². The van der Waals surface area contributed by atoms with Crippen molar-refractivity contribution in [3.05, 3.63) is 16.4 Å². The topological polar surface area (TPSA) is 58.9 Å². The molecule has 0 radical (unpaired) electrons. The molecule has 4 nitrogen and oxygen atoms in total. The first-order valence-corrected chi connectivity index (χ1v) is 6.29. The van der Waals surface area contributed by atoms with E-state index in [4.69, 9.17) is 4.42 Å². The molecule has 4 saturated carbocycles. The van der Waals surface area contributed by atoms with Gasteiger partial charge in [0.05, 0.1) is 0 Å². The van der Waals surface area contributed by atoms with Crippen LogP contribution in [0.2, 0.25) is 0 Å². The predicted molar refractivity (Wildman–Crippen MR) is 57.0 cm³/mol. The number of hydrogen-bond donors (Lipinski definition) is 1. The van der Waals surface area contributed by atoms with Gasteiger partial charge in [0.1, 0.15) is 0 Å². The van der Waals surface area contributed by atoms with Crippen molar-refractivity contribution in [3.63, 3.8) is 0 Å². The quantitative estimate of drug-likeness (QED) is 0.785. The van der Waals surface area contributed by atoms with Gasteiger partial charge in [-0.3, -0.25) is 0 Å². The molecule has 4 bridgehead atoms. The summed E-state index contributed by atoms with van der Waals surface area (Å²) in [6.07, 6.45) is 7.75. The van der Waals surface area contributed by atoms with E-state index in [0.717, 1.165) is 17.8 Å². The summed E-state index contributed by atoms with van der Waals surface area (Å²) in [5, 5.41) is 6.52. The van der Waals surface area contributed by atoms with E-state index < -0.39 is 5.76 Å². The van der Waals surface area contributed by atoms with Gasteiger partial charge in [0, 0.05) is 5.41 Å². The summed E-state index contributed by atoms with van der Waals surface area (Å²) < 4.78 is 5.25. The lowest BCUT2D eigenvalue weighted by Gasteiger charge is -2.55. The number of nitrogens with zero attached hydrogens (tertiary/aromatic N) is 1. The molecule has 1 N–H and O–H groups in total. The summed E-state index contributed by atoms with van der Waals surface area (Å²) in [7, 11) is 0. The van der Waals surface area contributed by atoms with Crippen LogP contribution in [0.15, 0.2) is 9.21 Å². The van der Waals surface area contributed by atoms with Gasteiger partial charge in [0.25, 0.3) is 0 Å². The van der Waals surface area contributed by atoms with Crippen LogP contribution >= 0.6 is 0 Å². The minimum atomic E-state index is -0.397. The van der Waals surface area contributed by atoms with Crippen LogP contribution in [0.25, 0.3) is 0 Å². The van der Waals surface area contributed by atoms with Crippen LogP contribution < -0.4 is 5.76 Å². The number of nitrogens with one attached hydrogen (secondary N) is 1. The van der Waals surface area contributed by atoms with Crippen molar-refractivity contribution in [3.8, 4) is 0 Å². The van der Waals surface area contributed by atoms with Gasteiger partial charge in [-0.1, -0.05) is 0 Å². The highest BCUT2D eigenvalue weighted by molar-refractivity contribution is 5.14. The zero-order valence-electron chi connectivity index (χ0n) is 9.24. The van der Waals surface area contributed by atoms with Gasteiger partial charge >= 0.3 is 5.76 Å². The molecule has 0 aliphatic heterocycles. The van der Waals surface area contributed by atoms with Crippen LogP contribution in [0.1, 0.15) is 44.4 Å². The van der Waals surface area contributed by atoms with Crippen molar-refractivity contribution in [1.82, 2.24) is 10.2 Å². The van der Waals surface area contributed by atoms with Gasteiger partial charge in [0.2, 0.25) is 5.89 Å². The third kappa shape index (κ3) is 1.10. The van der Waals surface area contributed by atoms with E-state index in [1.54, 1.807) is 0 Å². The molecule has 5 rings (SSSR count). The van der Waals surface area contributed by atoms with E-state index in [1.165, 1.54) is 38.5 Å². The molecule has 4 fully saturated rings. The maximum Gasteiger partial charge on any atom is 0.434 e. The van der Waals surface area contributed by atoms with Gasteiger partial charge in [-0.05, 0) is 56.3 Å². The van der Waals surface area contributed by atoms with Gasteiger partial charge in [-0.25, -0.2) is 9.89 Å². The second kappa shape index (κ2) is 2.79. The summed E-state index contributed by atoms with van der Waals surface area (Å²) in [5.74, 6) is 2.86. The zero-order valence-corrected chi connectivity index (χ0v) is 9.24. The average Bonchev–Trinajstić information content (AvgIpc) is 2.63. The highest BCUT2D eigenvalue weighted by atomic mass is 16.4. The first-order valence-electron chi connectivity index (χ1n) is 6.29. The Balaban J connectivity index is 1.79. The Kier molecular flexibility index (Phi) is 1.57. The molecule has 0 aromatic carbocycles. The molecule has 0 saturated heterocycles. The summed E-state index contributed by atoms with van der Waals surface area (Å²) in [6.45, 7) is 0. The third-order valence-electron chi connectivity index (χ3n) is 4.93. The Morgan fingerprint density at radius 3 is 2.12 bits per heavy atom. The fourth-order valence-corrected chi connectivity index (χ4v) is 4.83. The van der Waals surface area contributed by atoms with Crippen LogP contribution in [0.3, 0.4) is 0 Å². The van der Waals surface area contributed by atoms with Crippen LogP contribution in [-0.4, -0.2) is 10.2 Å². The van der Waals surface area contributed by atoms with E-state index >= 15 is 0 Å². The van der Waals surface area contributed by atoms with Gasteiger partial charge in [-0.15, -0.1) is 5.10 Å². The first-order chi connectivity index (χ1) is 7.73. The standard InChI is InChI=1S/C12H16N2O2/c15-11-14-13-10(16-11)12-4-7-1-8(5-12)3-9(2-7)6-12/h7-9H,1-6H2,(H,14,15). The Morgan fingerprint density at radius 2 is 1.69 bits per heavy atom. The summed E-state index contributed by atoms with van der Waals surface area (Å²) in [5.41, 5.74) is 0.105. The minimum absolute atomic E-state index is 0.105. The van der Waals surface area contributed by atoms with Crippen molar-refractivity contribution < 1.29 is 4.42 Å². The molecule has 0 spiro atoms. The Labute approximate surface area is 93.4 Å². The average molecular weight is 220 g/mol. The minimum Gasteiger partial charge on any atom is -0.392 e. The predicted octanol–water partition coefficient (Wildman–Crippen LogP) is 1.83. The van der Waals surface area contributed by atoms with E-state index in [1.807, 2.05) is 0 Å². The van der Waals surface area contributed by atoms with E-state index in [0.29, 0.717) is 5.89 Å². The SMILES string of the molecule is O=c1[nH]nc(C23CC4CC(CC(C4)C2)C3)o1. The fraction of sp³-hybridized carbons (Fsp3) is 0.833. The van der Waals surface area contributed by atoms with E-state index in [2.05, 4.69) is 10.2 Å². The Morgan fingerprint density at radius 1 is 1.12 bits per heavy atom. The first kappa shape index (κ1) is 9.02. The molecule has 86 valence electrons. The molecule has 1 aromatic heterocycles.